The first-order chi connectivity index (χ1) is 10.4. The van der Waals surface area contributed by atoms with E-state index in [0.29, 0.717) is 0 Å². The van der Waals surface area contributed by atoms with Crippen LogP contribution in [0.5, 0.6) is 6.01 Å². The molecule has 10 nitrogen and oxygen atoms in total. The summed E-state index contributed by atoms with van der Waals surface area (Å²) in [5, 5.41) is 41.2. The van der Waals surface area contributed by atoms with Gasteiger partial charge in [-0.15, -0.1) is 0 Å². The highest BCUT2D eigenvalue weighted by atomic mass is 127. The predicted molar refractivity (Wildman–Crippen MR) is 81.5 cm³/mol. The second-order valence-corrected chi connectivity index (χ2v) is 5.71. The number of aromatic amines is 1. The van der Waals surface area contributed by atoms with E-state index < -0.39 is 42.8 Å². The standard InChI is InChI=1S/C11H16IN3O7/c1-21-11-14-8(4(12)9(20)15-11)13-10-7(19)6(18)5(17)3(2-16)22-10/h3,5-7,10,16-19H,2H2,1H3,(H2,13,14,15,20)/t3-,5+,6+,7-,10-/m0/s1. The highest BCUT2D eigenvalue weighted by Gasteiger charge is 2.43. The summed E-state index contributed by atoms with van der Waals surface area (Å²) in [6, 6.07) is -0.0440. The Bertz CT molecular complexity index is 581. The summed E-state index contributed by atoms with van der Waals surface area (Å²) in [7, 11) is 1.32. The van der Waals surface area contributed by atoms with E-state index in [9.17, 15) is 20.1 Å². The Morgan fingerprint density at radius 3 is 2.64 bits per heavy atom. The van der Waals surface area contributed by atoms with Crippen LogP contribution in [0.4, 0.5) is 5.82 Å². The molecule has 0 radical (unpaired) electrons. The molecular weight excluding hydrogens is 413 g/mol. The lowest BCUT2D eigenvalue weighted by atomic mass is 9.98. The second kappa shape index (κ2) is 7.06. The molecule has 0 aliphatic carbocycles. The Morgan fingerprint density at radius 2 is 2.05 bits per heavy atom. The first-order valence-electron chi connectivity index (χ1n) is 6.30. The highest BCUT2D eigenvalue weighted by Crippen LogP contribution is 2.23. The summed E-state index contributed by atoms with van der Waals surface area (Å²) in [4.78, 5) is 18.1. The van der Waals surface area contributed by atoms with Gasteiger partial charge < -0.3 is 35.2 Å². The van der Waals surface area contributed by atoms with Crippen molar-refractivity contribution in [3.8, 4) is 6.01 Å². The minimum absolute atomic E-state index is 0.0440. The molecule has 5 atom stereocenters. The summed E-state index contributed by atoms with van der Waals surface area (Å²) in [6.45, 7) is -0.549. The van der Waals surface area contributed by atoms with Crippen molar-refractivity contribution in [2.75, 3.05) is 19.0 Å². The van der Waals surface area contributed by atoms with E-state index >= 15 is 0 Å². The fraction of sp³-hybridized carbons (Fsp3) is 0.636. The number of ether oxygens (including phenoxy) is 2. The van der Waals surface area contributed by atoms with Crippen LogP contribution in [-0.2, 0) is 4.74 Å². The van der Waals surface area contributed by atoms with Crippen molar-refractivity contribution < 1.29 is 29.9 Å². The third-order valence-corrected chi connectivity index (χ3v) is 4.21. The molecule has 0 amide bonds. The normalized spacial score (nSPS) is 31.8. The van der Waals surface area contributed by atoms with E-state index in [4.69, 9.17) is 14.6 Å². The summed E-state index contributed by atoms with van der Waals surface area (Å²) < 4.78 is 10.3. The fourth-order valence-corrected chi connectivity index (χ4v) is 2.40. The van der Waals surface area contributed by atoms with Gasteiger partial charge in [0.2, 0.25) is 0 Å². The lowest BCUT2D eigenvalue weighted by Crippen LogP contribution is -2.60. The molecular formula is C11H16IN3O7. The molecule has 0 saturated carbocycles. The molecule has 0 unspecified atom stereocenters. The molecule has 6 N–H and O–H groups in total. The van der Waals surface area contributed by atoms with Crippen molar-refractivity contribution in [2.45, 2.75) is 30.6 Å². The van der Waals surface area contributed by atoms with Gasteiger partial charge in [-0.2, -0.15) is 4.98 Å². The summed E-state index contributed by atoms with van der Waals surface area (Å²) in [6.07, 6.45) is -6.70. The van der Waals surface area contributed by atoms with Crippen LogP contribution in [0.2, 0.25) is 0 Å². The van der Waals surface area contributed by atoms with Crippen molar-refractivity contribution in [3.05, 3.63) is 13.9 Å². The minimum Gasteiger partial charge on any atom is -0.468 e. The number of aromatic nitrogens is 2. The molecule has 2 rings (SSSR count). The van der Waals surface area contributed by atoms with E-state index in [1.807, 2.05) is 0 Å². The maximum atomic E-state index is 11.7. The van der Waals surface area contributed by atoms with Crippen molar-refractivity contribution in [3.63, 3.8) is 0 Å². The maximum Gasteiger partial charge on any atom is 0.298 e. The molecule has 1 aromatic rings. The lowest BCUT2D eigenvalue weighted by Gasteiger charge is -2.40. The van der Waals surface area contributed by atoms with E-state index in [1.165, 1.54) is 7.11 Å². The monoisotopic (exact) mass is 429 g/mol. The number of methoxy groups -OCH3 is 1. The van der Waals surface area contributed by atoms with Gasteiger partial charge in [-0.3, -0.25) is 9.78 Å². The molecule has 0 aromatic carbocycles. The molecule has 0 spiro atoms. The third kappa shape index (κ3) is 3.33. The van der Waals surface area contributed by atoms with Crippen molar-refractivity contribution >= 4 is 28.4 Å². The summed E-state index contributed by atoms with van der Waals surface area (Å²) in [5.74, 6) is 0.0746. The zero-order chi connectivity index (χ0) is 16.4. The fourth-order valence-electron chi connectivity index (χ4n) is 1.99. The van der Waals surface area contributed by atoms with Crippen molar-refractivity contribution in [1.82, 2.24) is 9.97 Å². The second-order valence-electron chi connectivity index (χ2n) is 4.63. The maximum absolute atomic E-state index is 11.7. The van der Waals surface area contributed by atoms with Crippen LogP contribution in [0.1, 0.15) is 0 Å². The van der Waals surface area contributed by atoms with E-state index in [2.05, 4.69) is 15.3 Å². The van der Waals surface area contributed by atoms with Crippen LogP contribution in [-0.4, -0.2) is 74.8 Å². The number of aliphatic hydroxyl groups excluding tert-OH is 4. The van der Waals surface area contributed by atoms with Gasteiger partial charge in [-0.05, 0) is 22.6 Å². The van der Waals surface area contributed by atoms with Gasteiger partial charge >= 0.3 is 0 Å². The molecule has 2 heterocycles. The average Bonchev–Trinajstić information content (AvgIpc) is 2.51. The van der Waals surface area contributed by atoms with Crippen LogP contribution in [0, 0.1) is 3.57 Å². The number of anilines is 1. The number of halogens is 1. The van der Waals surface area contributed by atoms with Gasteiger partial charge in [0.15, 0.2) is 12.0 Å². The Balaban J connectivity index is 2.26. The smallest absolute Gasteiger partial charge is 0.298 e. The number of hydrogen-bond acceptors (Lipinski definition) is 9. The molecule has 124 valence electrons. The highest BCUT2D eigenvalue weighted by molar-refractivity contribution is 14.1. The molecule has 1 aromatic heterocycles. The lowest BCUT2D eigenvalue weighted by molar-refractivity contribution is -0.221. The number of H-pyrrole nitrogens is 1. The van der Waals surface area contributed by atoms with Crippen molar-refractivity contribution in [2.24, 2.45) is 0 Å². The first-order valence-corrected chi connectivity index (χ1v) is 7.37. The van der Waals surface area contributed by atoms with Gasteiger partial charge in [0, 0.05) is 0 Å². The Morgan fingerprint density at radius 1 is 1.36 bits per heavy atom. The number of hydrogen-bond donors (Lipinski definition) is 6. The Hall–Kier alpha value is -0.990. The van der Waals surface area contributed by atoms with E-state index in [1.54, 1.807) is 22.6 Å². The average molecular weight is 429 g/mol. The zero-order valence-electron chi connectivity index (χ0n) is 11.4. The van der Waals surface area contributed by atoms with Crippen LogP contribution >= 0.6 is 22.6 Å². The SMILES string of the molecule is COc1nc(N[C@H]2O[C@@H](CO)[C@@H](O)[C@@H](O)[C@@H]2O)c(I)c(=O)[nH]1. The topological polar surface area (TPSA) is 157 Å². The Labute approximate surface area is 138 Å². The molecule has 11 heteroatoms. The predicted octanol–water partition coefficient (Wildman–Crippen LogP) is -2.41. The summed E-state index contributed by atoms with van der Waals surface area (Å²) >= 11 is 1.74. The van der Waals surface area contributed by atoms with Crippen LogP contribution in [0.25, 0.3) is 0 Å². The van der Waals surface area contributed by atoms with Crippen LogP contribution in [0.3, 0.4) is 0 Å². The van der Waals surface area contributed by atoms with E-state index in [0.717, 1.165) is 0 Å². The van der Waals surface area contributed by atoms with E-state index in [-0.39, 0.29) is 15.4 Å². The molecule has 1 saturated heterocycles. The van der Waals surface area contributed by atoms with Gasteiger partial charge in [0.1, 0.15) is 28.0 Å². The molecule has 1 aliphatic heterocycles. The van der Waals surface area contributed by atoms with Crippen LogP contribution < -0.4 is 15.6 Å². The molecule has 22 heavy (non-hydrogen) atoms. The Kier molecular flexibility index (Phi) is 5.57. The number of rotatable bonds is 4. The molecule has 1 fully saturated rings. The van der Waals surface area contributed by atoms with Crippen LogP contribution in [0.15, 0.2) is 4.79 Å². The first kappa shape index (κ1) is 17.4. The van der Waals surface area contributed by atoms with Gasteiger partial charge in [0.05, 0.1) is 13.7 Å². The van der Waals surface area contributed by atoms with Crippen molar-refractivity contribution in [1.29, 1.82) is 0 Å². The quantitative estimate of drug-likeness (QED) is 0.287. The molecule has 1 aliphatic rings. The number of nitrogens with zero attached hydrogens (tertiary/aromatic N) is 1. The number of nitrogens with one attached hydrogen (secondary N) is 2. The zero-order valence-corrected chi connectivity index (χ0v) is 13.6. The minimum atomic E-state index is -1.52. The summed E-state index contributed by atoms with van der Waals surface area (Å²) in [5.41, 5.74) is -0.459. The third-order valence-electron chi connectivity index (χ3n) is 3.21. The largest absolute Gasteiger partial charge is 0.468 e. The van der Waals surface area contributed by atoms with Gasteiger partial charge in [-0.25, -0.2) is 0 Å². The van der Waals surface area contributed by atoms with Gasteiger partial charge in [-0.1, -0.05) is 0 Å². The van der Waals surface area contributed by atoms with Gasteiger partial charge in [0.25, 0.3) is 11.6 Å². The molecule has 0 bridgehead atoms. The number of aliphatic hydroxyl groups is 4.